The summed E-state index contributed by atoms with van der Waals surface area (Å²) in [5.41, 5.74) is 2.18. The van der Waals surface area contributed by atoms with Gasteiger partial charge in [-0.05, 0) is 24.3 Å². The summed E-state index contributed by atoms with van der Waals surface area (Å²) in [6, 6.07) is 7.86. The van der Waals surface area contributed by atoms with Crippen molar-refractivity contribution in [2.24, 2.45) is 5.10 Å². The predicted octanol–water partition coefficient (Wildman–Crippen LogP) is 6.11. The molecule has 0 bridgehead atoms. The molecule has 0 aliphatic carbocycles. The Hall–Kier alpha value is -1.43. The Morgan fingerprint density at radius 1 is 1.00 bits per heavy atom. The third kappa shape index (κ3) is 4.06. The Labute approximate surface area is 139 Å². The van der Waals surface area contributed by atoms with Gasteiger partial charge in [0.25, 0.3) is 0 Å². The highest BCUT2D eigenvalue weighted by Crippen LogP contribution is 2.33. The van der Waals surface area contributed by atoms with Crippen LogP contribution in [0.4, 0.5) is 18.9 Å². The fraction of sp³-hybridized carbons (Fsp3) is 0.0714. The highest BCUT2D eigenvalue weighted by molar-refractivity contribution is 6.43. The van der Waals surface area contributed by atoms with Gasteiger partial charge in [0.05, 0.1) is 32.5 Å². The van der Waals surface area contributed by atoms with E-state index in [1.807, 2.05) is 0 Å². The average Bonchev–Trinajstić information content (AvgIpc) is 2.44. The minimum absolute atomic E-state index is 0.0332. The normalized spacial score (nSPS) is 11.9. The van der Waals surface area contributed by atoms with Crippen molar-refractivity contribution in [1.82, 2.24) is 0 Å². The van der Waals surface area contributed by atoms with E-state index in [0.717, 1.165) is 18.2 Å². The molecule has 2 nitrogen and oxygen atoms in total. The smallest absolute Gasteiger partial charge is 0.277 e. The second-order valence-electron chi connectivity index (χ2n) is 4.21. The van der Waals surface area contributed by atoms with Crippen LogP contribution in [0.1, 0.15) is 11.1 Å². The van der Waals surface area contributed by atoms with Crippen molar-refractivity contribution in [2.75, 3.05) is 5.43 Å². The molecule has 0 radical (unpaired) electrons. The van der Waals surface area contributed by atoms with Crippen molar-refractivity contribution in [3.05, 3.63) is 62.6 Å². The molecule has 0 unspecified atom stereocenters. The zero-order chi connectivity index (χ0) is 16.3. The van der Waals surface area contributed by atoms with Crippen LogP contribution in [0, 0.1) is 0 Å². The largest absolute Gasteiger partial charge is 0.416 e. The second-order valence-corrected chi connectivity index (χ2v) is 5.40. The fourth-order valence-electron chi connectivity index (χ4n) is 1.58. The number of rotatable bonds is 3. The molecule has 0 amide bonds. The van der Waals surface area contributed by atoms with E-state index in [0.29, 0.717) is 15.6 Å². The molecule has 0 fully saturated rings. The zero-order valence-corrected chi connectivity index (χ0v) is 13.0. The van der Waals surface area contributed by atoms with Gasteiger partial charge >= 0.3 is 6.18 Å². The molecule has 0 saturated heterocycles. The molecular formula is C14H8Cl3F3N2. The summed E-state index contributed by atoms with van der Waals surface area (Å²) < 4.78 is 37.9. The van der Waals surface area contributed by atoms with Crippen LogP contribution in [-0.2, 0) is 6.18 Å². The zero-order valence-electron chi connectivity index (χ0n) is 10.8. The van der Waals surface area contributed by atoms with E-state index in [1.165, 1.54) is 6.21 Å². The molecule has 8 heteroatoms. The third-order valence-corrected chi connectivity index (χ3v) is 3.83. The molecule has 0 aromatic heterocycles. The van der Waals surface area contributed by atoms with Crippen LogP contribution in [0.5, 0.6) is 0 Å². The number of nitrogens with zero attached hydrogens (tertiary/aromatic N) is 1. The SMILES string of the molecule is FC(F)(F)c1ccc(Cl)c(NN=Cc2cccc(Cl)c2Cl)c1. The van der Waals surface area contributed by atoms with E-state index in [1.54, 1.807) is 18.2 Å². The molecule has 2 rings (SSSR count). The van der Waals surface area contributed by atoms with Crippen LogP contribution in [0.2, 0.25) is 15.1 Å². The van der Waals surface area contributed by atoms with Gasteiger partial charge in [-0.15, -0.1) is 0 Å². The van der Waals surface area contributed by atoms with E-state index in [9.17, 15) is 13.2 Å². The number of anilines is 1. The van der Waals surface area contributed by atoms with E-state index in [4.69, 9.17) is 34.8 Å². The Balaban J connectivity index is 2.21. The van der Waals surface area contributed by atoms with Crippen molar-refractivity contribution in [3.63, 3.8) is 0 Å². The Bertz CT molecular complexity index is 715. The first-order valence-corrected chi connectivity index (χ1v) is 7.02. The van der Waals surface area contributed by atoms with E-state index in [-0.39, 0.29) is 10.7 Å². The predicted molar refractivity (Wildman–Crippen MR) is 84.1 cm³/mol. The highest BCUT2D eigenvalue weighted by Gasteiger charge is 2.30. The van der Waals surface area contributed by atoms with Crippen LogP contribution >= 0.6 is 34.8 Å². The Morgan fingerprint density at radius 3 is 2.41 bits per heavy atom. The van der Waals surface area contributed by atoms with Gasteiger partial charge in [0, 0.05) is 5.56 Å². The number of benzene rings is 2. The molecule has 0 spiro atoms. The number of hydrogen-bond donors (Lipinski definition) is 1. The van der Waals surface area contributed by atoms with Crippen molar-refractivity contribution in [1.29, 1.82) is 0 Å². The number of halogens is 6. The lowest BCUT2D eigenvalue weighted by atomic mass is 10.2. The molecule has 22 heavy (non-hydrogen) atoms. The van der Waals surface area contributed by atoms with E-state index < -0.39 is 11.7 Å². The lowest BCUT2D eigenvalue weighted by molar-refractivity contribution is -0.137. The second kappa shape index (κ2) is 6.77. The average molecular weight is 368 g/mol. The van der Waals surface area contributed by atoms with Gasteiger partial charge in [-0.2, -0.15) is 18.3 Å². The van der Waals surface area contributed by atoms with Crippen molar-refractivity contribution in [3.8, 4) is 0 Å². The van der Waals surface area contributed by atoms with Crippen molar-refractivity contribution in [2.45, 2.75) is 6.18 Å². The van der Waals surface area contributed by atoms with Crippen molar-refractivity contribution >= 4 is 46.7 Å². The van der Waals surface area contributed by atoms with Crippen LogP contribution in [0.15, 0.2) is 41.5 Å². The van der Waals surface area contributed by atoms with E-state index in [2.05, 4.69) is 10.5 Å². The van der Waals surface area contributed by atoms with Gasteiger partial charge in [0.1, 0.15) is 0 Å². The monoisotopic (exact) mass is 366 g/mol. The number of hydrogen-bond acceptors (Lipinski definition) is 2. The molecular weight excluding hydrogens is 360 g/mol. The summed E-state index contributed by atoms with van der Waals surface area (Å²) >= 11 is 17.6. The van der Waals surface area contributed by atoms with Crippen LogP contribution in [-0.4, -0.2) is 6.21 Å². The summed E-state index contributed by atoms with van der Waals surface area (Å²) in [4.78, 5) is 0. The standard InChI is InChI=1S/C14H8Cl3F3N2/c15-10-5-4-9(14(18,19)20)6-12(10)22-21-7-8-2-1-3-11(16)13(8)17/h1-7,22H. The van der Waals surface area contributed by atoms with Crippen LogP contribution in [0.3, 0.4) is 0 Å². The third-order valence-electron chi connectivity index (χ3n) is 2.66. The lowest BCUT2D eigenvalue weighted by Crippen LogP contribution is -2.05. The summed E-state index contributed by atoms with van der Waals surface area (Å²) in [7, 11) is 0. The van der Waals surface area contributed by atoms with Gasteiger partial charge in [0.15, 0.2) is 0 Å². The molecule has 0 aliphatic rings. The quantitative estimate of drug-likeness (QED) is 0.513. The molecule has 0 saturated carbocycles. The molecule has 0 atom stereocenters. The minimum atomic E-state index is -4.46. The van der Waals surface area contributed by atoms with Gasteiger partial charge in [-0.3, -0.25) is 5.43 Å². The van der Waals surface area contributed by atoms with Crippen LogP contribution in [0.25, 0.3) is 0 Å². The Morgan fingerprint density at radius 2 is 1.73 bits per heavy atom. The lowest BCUT2D eigenvalue weighted by Gasteiger charge is -2.09. The van der Waals surface area contributed by atoms with Crippen molar-refractivity contribution < 1.29 is 13.2 Å². The van der Waals surface area contributed by atoms with Gasteiger partial charge < -0.3 is 0 Å². The topological polar surface area (TPSA) is 24.4 Å². The number of nitrogens with one attached hydrogen (secondary N) is 1. The maximum Gasteiger partial charge on any atom is 0.416 e. The minimum Gasteiger partial charge on any atom is -0.277 e. The maximum atomic E-state index is 12.6. The maximum absolute atomic E-state index is 12.6. The summed E-state index contributed by atoms with van der Waals surface area (Å²) in [5.74, 6) is 0. The first kappa shape index (κ1) is 16.9. The number of alkyl halides is 3. The highest BCUT2D eigenvalue weighted by atomic mass is 35.5. The summed E-state index contributed by atoms with van der Waals surface area (Å²) in [6.45, 7) is 0. The molecule has 0 aliphatic heterocycles. The molecule has 2 aromatic rings. The first-order chi connectivity index (χ1) is 10.3. The summed E-state index contributed by atoms with van der Waals surface area (Å²) in [5, 5.41) is 4.59. The van der Waals surface area contributed by atoms with E-state index >= 15 is 0 Å². The summed E-state index contributed by atoms with van der Waals surface area (Å²) in [6.07, 6.45) is -3.12. The van der Waals surface area contributed by atoms with Crippen LogP contribution < -0.4 is 5.43 Å². The fourth-order valence-corrected chi connectivity index (χ4v) is 2.10. The first-order valence-electron chi connectivity index (χ1n) is 5.89. The molecule has 0 heterocycles. The number of hydrazone groups is 1. The Kier molecular flexibility index (Phi) is 5.21. The molecule has 1 N–H and O–H groups in total. The molecule has 116 valence electrons. The van der Waals surface area contributed by atoms with Gasteiger partial charge in [0.2, 0.25) is 0 Å². The van der Waals surface area contributed by atoms with Gasteiger partial charge in [-0.1, -0.05) is 46.9 Å². The molecule has 2 aromatic carbocycles. The van der Waals surface area contributed by atoms with Gasteiger partial charge in [-0.25, -0.2) is 0 Å².